The molecule has 0 radical (unpaired) electrons. The fourth-order valence-electron chi connectivity index (χ4n) is 3.26. The van der Waals surface area contributed by atoms with Gasteiger partial charge in [0.25, 0.3) is 11.3 Å². The molecule has 0 atom stereocenters. The first kappa shape index (κ1) is 20.4. The van der Waals surface area contributed by atoms with Crippen molar-refractivity contribution in [2.45, 2.75) is 41.5 Å². The average molecular weight is 454 g/mol. The summed E-state index contributed by atoms with van der Waals surface area (Å²) in [6.45, 7) is 0. The maximum absolute atomic E-state index is 12.5. The van der Waals surface area contributed by atoms with E-state index in [1.807, 2.05) is 0 Å². The molecule has 29 heavy (non-hydrogen) atoms. The van der Waals surface area contributed by atoms with Gasteiger partial charge in [-0.1, -0.05) is 23.5 Å². The van der Waals surface area contributed by atoms with Crippen LogP contribution in [0.4, 0.5) is 14.5 Å². The number of thiophene rings is 1. The SMILES string of the molecule is O=C(CSc1nc2sc3c(c2c(=O)[nH]1)CCCC3)Nc1ccc(SC(F)F)cc1. The zero-order valence-corrected chi connectivity index (χ0v) is 17.6. The number of nitrogens with zero attached hydrogens (tertiary/aromatic N) is 1. The van der Waals surface area contributed by atoms with Crippen LogP contribution in [0.15, 0.2) is 39.1 Å². The summed E-state index contributed by atoms with van der Waals surface area (Å²) in [5, 5.41) is 3.82. The van der Waals surface area contributed by atoms with Crippen molar-refractivity contribution in [3.63, 3.8) is 0 Å². The molecule has 0 unspecified atom stereocenters. The highest BCUT2D eigenvalue weighted by Gasteiger charge is 2.20. The van der Waals surface area contributed by atoms with Crippen molar-refractivity contribution in [3.05, 3.63) is 45.1 Å². The van der Waals surface area contributed by atoms with Gasteiger partial charge in [0.15, 0.2) is 5.16 Å². The van der Waals surface area contributed by atoms with Crippen molar-refractivity contribution in [1.82, 2.24) is 9.97 Å². The Hall–Kier alpha value is -1.91. The van der Waals surface area contributed by atoms with Gasteiger partial charge in [0, 0.05) is 15.5 Å². The molecule has 0 bridgehead atoms. The highest BCUT2D eigenvalue weighted by atomic mass is 32.2. The fraction of sp³-hybridized carbons (Fsp3) is 0.316. The molecule has 0 fully saturated rings. The molecule has 3 aromatic rings. The van der Waals surface area contributed by atoms with Gasteiger partial charge < -0.3 is 10.3 Å². The minimum atomic E-state index is -2.48. The first-order valence-corrected chi connectivity index (χ1v) is 11.7. The number of hydrogen-bond donors (Lipinski definition) is 2. The molecule has 1 aliphatic rings. The predicted octanol–water partition coefficient (Wildman–Crippen LogP) is 4.91. The van der Waals surface area contributed by atoms with Crippen molar-refractivity contribution in [2.75, 3.05) is 11.1 Å². The van der Waals surface area contributed by atoms with Gasteiger partial charge in [-0.3, -0.25) is 9.59 Å². The van der Waals surface area contributed by atoms with Crippen LogP contribution < -0.4 is 10.9 Å². The molecule has 152 valence electrons. The van der Waals surface area contributed by atoms with Crippen LogP contribution >= 0.6 is 34.9 Å². The van der Waals surface area contributed by atoms with Crippen LogP contribution in [0.5, 0.6) is 0 Å². The minimum absolute atomic E-state index is 0.0765. The summed E-state index contributed by atoms with van der Waals surface area (Å²) in [6, 6.07) is 6.22. The van der Waals surface area contributed by atoms with Gasteiger partial charge in [0.1, 0.15) is 4.83 Å². The Kier molecular flexibility index (Phi) is 6.21. The smallest absolute Gasteiger partial charge is 0.288 e. The molecule has 0 aliphatic heterocycles. The van der Waals surface area contributed by atoms with Crippen LogP contribution in [-0.2, 0) is 17.6 Å². The van der Waals surface area contributed by atoms with Gasteiger partial charge in [-0.25, -0.2) is 4.98 Å². The summed E-state index contributed by atoms with van der Waals surface area (Å²) >= 11 is 3.18. The summed E-state index contributed by atoms with van der Waals surface area (Å²) in [6.07, 6.45) is 4.15. The first-order chi connectivity index (χ1) is 14.0. The molecule has 1 aliphatic carbocycles. The molecule has 0 spiro atoms. The number of H-pyrrole nitrogens is 1. The quantitative estimate of drug-likeness (QED) is 0.410. The van der Waals surface area contributed by atoms with Crippen LogP contribution in [0.2, 0.25) is 0 Å². The lowest BCUT2D eigenvalue weighted by molar-refractivity contribution is -0.113. The van der Waals surface area contributed by atoms with Crippen LogP contribution in [0.3, 0.4) is 0 Å². The van der Waals surface area contributed by atoms with Crippen molar-refractivity contribution >= 4 is 56.7 Å². The van der Waals surface area contributed by atoms with E-state index in [2.05, 4.69) is 15.3 Å². The van der Waals surface area contributed by atoms with E-state index in [9.17, 15) is 18.4 Å². The Bertz CT molecular complexity index is 1100. The monoisotopic (exact) mass is 453 g/mol. The van der Waals surface area contributed by atoms with Crippen LogP contribution in [0.25, 0.3) is 10.2 Å². The second-order valence-electron chi connectivity index (χ2n) is 6.50. The topological polar surface area (TPSA) is 74.8 Å². The molecular weight excluding hydrogens is 436 g/mol. The van der Waals surface area contributed by atoms with E-state index in [1.165, 1.54) is 17.0 Å². The second-order valence-corrected chi connectivity index (χ2v) is 9.61. The number of anilines is 1. The fourth-order valence-corrected chi connectivity index (χ4v) is 5.74. The Balaban J connectivity index is 1.40. The van der Waals surface area contributed by atoms with E-state index in [0.29, 0.717) is 32.9 Å². The number of thioether (sulfide) groups is 2. The third-order valence-corrected chi connectivity index (χ3v) is 7.29. The van der Waals surface area contributed by atoms with Crippen molar-refractivity contribution in [3.8, 4) is 0 Å². The summed E-state index contributed by atoms with van der Waals surface area (Å²) in [5.41, 5.74) is 1.51. The van der Waals surface area contributed by atoms with Gasteiger partial charge in [0.05, 0.1) is 11.1 Å². The number of fused-ring (bicyclic) bond motifs is 3. The number of aromatic nitrogens is 2. The summed E-state index contributed by atoms with van der Waals surface area (Å²) in [5.74, 6) is -2.67. The zero-order chi connectivity index (χ0) is 20.4. The van der Waals surface area contributed by atoms with Crippen molar-refractivity contribution in [1.29, 1.82) is 0 Å². The Morgan fingerprint density at radius 2 is 2.00 bits per heavy atom. The third-order valence-electron chi connectivity index (χ3n) is 4.51. The number of aromatic amines is 1. The maximum Gasteiger partial charge on any atom is 0.288 e. The Morgan fingerprint density at radius 1 is 1.24 bits per heavy atom. The summed E-state index contributed by atoms with van der Waals surface area (Å²) < 4.78 is 24.7. The van der Waals surface area contributed by atoms with E-state index in [0.717, 1.165) is 47.8 Å². The zero-order valence-electron chi connectivity index (χ0n) is 15.2. The van der Waals surface area contributed by atoms with Crippen LogP contribution in [-0.4, -0.2) is 27.4 Å². The van der Waals surface area contributed by atoms with E-state index in [4.69, 9.17) is 0 Å². The van der Waals surface area contributed by atoms with Crippen LogP contribution in [0, 0.1) is 0 Å². The van der Waals surface area contributed by atoms with Crippen molar-refractivity contribution < 1.29 is 13.6 Å². The minimum Gasteiger partial charge on any atom is -0.325 e. The molecule has 2 N–H and O–H groups in total. The normalized spacial score (nSPS) is 13.6. The van der Waals surface area contributed by atoms with Gasteiger partial charge in [-0.05, 0) is 55.5 Å². The first-order valence-electron chi connectivity index (χ1n) is 9.01. The molecule has 2 heterocycles. The number of carbonyl (C=O) groups excluding carboxylic acids is 1. The van der Waals surface area contributed by atoms with Crippen LogP contribution in [0.1, 0.15) is 23.3 Å². The van der Waals surface area contributed by atoms with Gasteiger partial charge in [-0.15, -0.1) is 11.3 Å². The van der Waals surface area contributed by atoms with Gasteiger partial charge in [-0.2, -0.15) is 8.78 Å². The predicted molar refractivity (Wildman–Crippen MR) is 115 cm³/mol. The molecular formula is C19H17F2N3O2S3. The number of nitrogens with one attached hydrogen (secondary N) is 2. The van der Waals surface area contributed by atoms with E-state index >= 15 is 0 Å². The molecule has 2 aromatic heterocycles. The standard InChI is InChI=1S/C19H17F2N3O2S3/c20-18(21)28-11-7-5-10(6-8-11)22-14(25)9-27-19-23-16(26)15-12-3-1-2-4-13(12)29-17(15)24-19/h5-8,18H,1-4,9H2,(H,22,25)(H,23,24,26). The molecule has 0 saturated carbocycles. The highest BCUT2D eigenvalue weighted by Crippen LogP contribution is 2.34. The van der Waals surface area contributed by atoms with E-state index in [-0.39, 0.29) is 17.2 Å². The number of hydrogen-bond acceptors (Lipinski definition) is 6. The number of amides is 1. The number of aryl methyl sites for hydroxylation is 2. The Labute approximate surface area is 177 Å². The Morgan fingerprint density at radius 3 is 2.76 bits per heavy atom. The van der Waals surface area contributed by atoms with E-state index < -0.39 is 5.76 Å². The number of carbonyl (C=O) groups is 1. The molecule has 10 heteroatoms. The second kappa shape index (κ2) is 8.85. The maximum atomic E-state index is 12.5. The average Bonchev–Trinajstić information content (AvgIpc) is 3.06. The van der Waals surface area contributed by atoms with Gasteiger partial charge in [0.2, 0.25) is 5.91 Å². The molecule has 4 rings (SSSR count). The lowest BCUT2D eigenvalue weighted by Gasteiger charge is -2.09. The lowest BCUT2D eigenvalue weighted by Crippen LogP contribution is -2.15. The summed E-state index contributed by atoms with van der Waals surface area (Å²) in [7, 11) is 0. The molecule has 5 nitrogen and oxygen atoms in total. The summed E-state index contributed by atoms with van der Waals surface area (Å²) in [4.78, 5) is 34.4. The third kappa shape index (κ3) is 4.81. The molecule has 1 amide bonds. The number of halogens is 2. The van der Waals surface area contributed by atoms with E-state index in [1.54, 1.807) is 23.5 Å². The highest BCUT2D eigenvalue weighted by molar-refractivity contribution is 8.00. The molecule has 1 aromatic carbocycles. The van der Waals surface area contributed by atoms with Gasteiger partial charge >= 0.3 is 0 Å². The lowest BCUT2D eigenvalue weighted by atomic mass is 9.97. The number of alkyl halides is 2. The number of rotatable bonds is 6. The van der Waals surface area contributed by atoms with Crippen molar-refractivity contribution in [2.24, 2.45) is 0 Å². The largest absolute Gasteiger partial charge is 0.325 e. The molecule has 0 saturated heterocycles. The number of benzene rings is 1.